The van der Waals surface area contributed by atoms with Crippen LogP contribution in [0.1, 0.15) is 25.7 Å². The van der Waals surface area contributed by atoms with Crippen LogP contribution in [0.4, 0.5) is 0 Å². The summed E-state index contributed by atoms with van der Waals surface area (Å²) in [5, 5.41) is 54.4. The average molecular weight is 553 g/mol. The second-order valence-corrected chi connectivity index (χ2v) is 10.2. The molecule has 0 unspecified atom stereocenters. The van der Waals surface area contributed by atoms with Crippen LogP contribution in [0.25, 0.3) is 0 Å². The van der Waals surface area contributed by atoms with E-state index in [9.17, 15) is 30.3 Å². The monoisotopic (exact) mass is 552 g/mol. The highest BCUT2D eigenvalue weighted by Crippen LogP contribution is 2.31. The number of carbonyl (C=O) groups excluding carboxylic acids is 1. The first-order valence-electron chi connectivity index (χ1n) is 12.9. The number of hydrogen-bond acceptors (Lipinski definition) is 15. The smallest absolute Gasteiger partial charge is 0.249 e. The van der Waals surface area contributed by atoms with Crippen molar-refractivity contribution in [3.8, 4) is 0 Å². The van der Waals surface area contributed by atoms with Crippen molar-refractivity contribution in [2.75, 3.05) is 19.7 Å². The molecular weight excluding hydrogens is 508 g/mol. The molecular formula is C22H44N6O10. The lowest BCUT2D eigenvalue weighted by atomic mass is 9.83. The molecule has 1 saturated carbocycles. The molecule has 0 bridgehead atoms. The zero-order valence-electron chi connectivity index (χ0n) is 21.2. The minimum Gasteiger partial charge on any atom is -0.394 e. The number of nitrogens with one attached hydrogen (secondary N) is 1. The number of nitrogens with two attached hydrogens (primary N) is 5. The predicted molar refractivity (Wildman–Crippen MR) is 131 cm³/mol. The summed E-state index contributed by atoms with van der Waals surface area (Å²) < 4.78 is 23.3. The van der Waals surface area contributed by atoms with E-state index in [0.717, 1.165) is 0 Å². The van der Waals surface area contributed by atoms with Crippen LogP contribution in [0, 0.1) is 0 Å². The first-order chi connectivity index (χ1) is 18.0. The predicted octanol–water partition coefficient (Wildman–Crippen LogP) is -6.40. The molecule has 16 nitrogen and oxygen atoms in total. The van der Waals surface area contributed by atoms with E-state index < -0.39 is 92.0 Å². The summed E-state index contributed by atoms with van der Waals surface area (Å²) in [6.07, 6.45) is -10.8. The largest absolute Gasteiger partial charge is 0.394 e. The van der Waals surface area contributed by atoms with Crippen LogP contribution in [-0.2, 0) is 23.7 Å². The highest BCUT2D eigenvalue weighted by Gasteiger charge is 2.51. The first kappa shape index (κ1) is 31.4. The lowest BCUT2D eigenvalue weighted by molar-refractivity contribution is -0.314. The van der Waals surface area contributed by atoms with E-state index in [4.69, 9.17) is 47.6 Å². The Bertz CT molecular complexity index is 755. The summed E-state index contributed by atoms with van der Waals surface area (Å²) in [4.78, 5) is 12.6. The fourth-order valence-corrected chi connectivity index (χ4v) is 5.02. The fraction of sp³-hybridized carbons (Fsp3) is 0.955. The van der Waals surface area contributed by atoms with Crippen LogP contribution in [0.15, 0.2) is 0 Å². The van der Waals surface area contributed by atoms with Crippen molar-refractivity contribution in [3.05, 3.63) is 0 Å². The van der Waals surface area contributed by atoms with Crippen LogP contribution in [0.5, 0.6) is 0 Å². The zero-order valence-corrected chi connectivity index (χ0v) is 21.2. The van der Waals surface area contributed by atoms with Crippen LogP contribution in [0.2, 0.25) is 0 Å². The van der Waals surface area contributed by atoms with Gasteiger partial charge in [0.15, 0.2) is 12.6 Å². The Balaban J connectivity index is 1.82. The number of aliphatic hydroxyl groups excluding tert-OH is 5. The van der Waals surface area contributed by atoms with Crippen molar-refractivity contribution in [1.82, 2.24) is 5.32 Å². The Labute approximate surface area is 220 Å². The van der Waals surface area contributed by atoms with E-state index in [1.165, 1.54) is 0 Å². The molecule has 222 valence electrons. The lowest BCUT2D eigenvalue weighted by Crippen LogP contribution is -2.69. The lowest BCUT2D eigenvalue weighted by Gasteiger charge is -2.48. The van der Waals surface area contributed by atoms with Crippen molar-refractivity contribution in [1.29, 1.82) is 0 Å². The summed E-state index contributed by atoms with van der Waals surface area (Å²) in [6.45, 7) is -0.296. The summed E-state index contributed by atoms with van der Waals surface area (Å²) >= 11 is 0. The highest BCUT2D eigenvalue weighted by molar-refractivity contribution is 5.80. The topological polar surface area (TPSA) is 297 Å². The van der Waals surface area contributed by atoms with Crippen molar-refractivity contribution >= 4 is 5.91 Å². The van der Waals surface area contributed by atoms with E-state index >= 15 is 0 Å². The van der Waals surface area contributed by atoms with Crippen LogP contribution in [0.3, 0.4) is 0 Å². The molecule has 0 aromatic carbocycles. The standard InChI is InChI=1S/C22H44N6O10/c23-4-3-12(30)20(34)28-11-5-10(26)18(37-21-9(25)2-1-8(6-24)35-21)17(33)19(11)38-22-16(32)14(27)15(31)13(7-29)36-22/h8-19,21-22,29-33H,1-7,23-27H2,(H,28,34)/t8-,9+,10-,11+,12-,13+,14-,15-,16+,17-,18+,19-,21+,22+/m0/s1. The normalized spacial score (nSPS) is 44.9. The summed E-state index contributed by atoms with van der Waals surface area (Å²) in [6, 6.07) is -3.54. The van der Waals surface area contributed by atoms with Gasteiger partial charge in [-0.05, 0) is 32.2 Å². The molecule has 16 heteroatoms. The fourth-order valence-electron chi connectivity index (χ4n) is 5.02. The molecule has 2 aliphatic heterocycles. The van der Waals surface area contributed by atoms with Crippen molar-refractivity contribution in [2.24, 2.45) is 28.7 Å². The molecule has 38 heavy (non-hydrogen) atoms. The Kier molecular flexibility index (Phi) is 11.6. The Morgan fingerprint density at radius 1 is 0.947 bits per heavy atom. The molecule has 3 rings (SSSR count). The van der Waals surface area contributed by atoms with Gasteiger partial charge in [-0.25, -0.2) is 0 Å². The Morgan fingerprint density at radius 2 is 1.63 bits per heavy atom. The van der Waals surface area contributed by atoms with Crippen molar-refractivity contribution in [2.45, 2.75) is 111 Å². The van der Waals surface area contributed by atoms with E-state index in [-0.39, 0.29) is 32.0 Å². The van der Waals surface area contributed by atoms with Gasteiger partial charge in [0.05, 0.1) is 30.8 Å². The third-order valence-corrected chi connectivity index (χ3v) is 7.37. The first-order valence-corrected chi connectivity index (χ1v) is 12.9. The molecule has 2 heterocycles. The molecule has 0 spiro atoms. The molecule has 1 amide bonds. The molecule has 0 aromatic heterocycles. The number of aliphatic hydroxyl groups is 5. The Morgan fingerprint density at radius 3 is 2.26 bits per heavy atom. The second-order valence-electron chi connectivity index (χ2n) is 10.2. The number of rotatable bonds is 10. The third kappa shape index (κ3) is 7.15. The van der Waals surface area contributed by atoms with E-state index in [0.29, 0.717) is 12.8 Å². The molecule has 0 radical (unpaired) electrons. The summed E-state index contributed by atoms with van der Waals surface area (Å²) in [5.74, 6) is -0.762. The molecule has 16 N–H and O–H groups in total. The molecule has 14 atom stereocenters. The van der Waals surface area contributed by atoms with Gasteiger partial charge in [0.25, 0.3) is 0 Å². The van der Waals surface area contributed by atoms with Crippen molar-refractivity contribution < 1.29 is 49.3 Å². The van der Waals surface area contributed by atoms with Crippen molar-refractivity contribution in [3.63, 3.8) is 0 Å². The number of carbonyl (C=O) groups is 1. The van der Waals surface area contributed by atoms with Gasteiger partial charge in [0.1, 0.15) is 42.7 Å². The van der Waals surface area contributed by atoms with Gasteiger partial charge < -0.3 is 78.5 Å². The van der Waals surface area contributed by atoms with Gasteiger partial charge in [-0.2, -0.15) is 0 Å². The van der Waals surface area contributed by atoms with Gasteiger partial charge in [0, 0.05) is 12.6 Å². The average Bonchev–Trinajstić information content (AvgIpc) is 2.89. The SMILES string of the molecule is NCC[C@H](O)C(=O)N[C@@H]1C[C@H](N)[C@@H](O[C@H]2O[C@H](CN)CC[C@H]2N)[C@H](O)[C@H]1O[C@H]1O[C@H](CO)[C@H](O)[C@H](N)[C@H]1O. The van der Waals surface area contributed by atoms with Gasteiger partial charge >= 0.3 is 0 Å². The van der Waals surface area contributed by atoms with Gasteiger partial charge in [-0.1, -0.05) is 0 Å². The molecule has 3 fully saturated rings. The molecule has 3 aliphatic rings. The highest BCUT2D eigenvalue weighted by atomic mass is 16.7. The number of ether oxygens (including phenoxy) is 4. The minimum atomic E-state index is -1.55. The molecule has 0 aromatic rings. The van der Waals surface area contributed by atoms with E-state index in [1.54, 1.807) is 0 Å². The molecule has 2 saturated heterocycles. The number of hydrogen-bond donors (Lipinski definition) is 11. The zero-order chi connectivity index (χ0) is 28.1. The van der Waals surface area contributed by atoms with Crippen LogP contribution >= 0.6 is 0 Å². The maximum Gasteiger partial charge on any atom is 0.249 e. The Hall–Kier alpha value is -1.09. The van der Waals surface area contributed by atoms with Crippen LogP contribution < -0.4 is 34.0 Å². The quantitative estimate of drug-likeness (QED) is 0.120. The minimum absolute atomic E-state index is 0.000983. The second kappa shape index (κ2) is 14.0. The summed E-state index contributed by atoms with van der Waals surface area (Å²) in [7, 11) is 0. The molecule has 1 aliphatic carbocycles. The summed E-state index contributed by atoms with van der Waals surface area (Å²) in [5.41, 5.74) is 29.6. The van der Waals surface area contributed by atoms with Crippen LogP contribution in [-0.4, -0.2) is 137 Å². The maximum absolute atomic E-state index is 12.6. The maximum atomic E-state index is 12.6. The van der Waals surface area contributed by atoms with Gasteiger partial charge in [-0.15, -0.1) is 0 Å². The third-order valence-electron chi connectivity index (χ3n) is 7.37. The van der Waals surface area contributed by atoms with E-state index in [1.807, 2.05) is 0 Å². The van der Waals surface area contributed by atoms with Gasteiger partial charge in [-0.3, -0.25) is 4.79 Å². The van der Waals surface area contributed by atoms with Gasteiger partial charge in [0.2, 0.25) is 5.91 Å². The van der Waals surface area contributed by atoms with E-state index in [2.05, 4.69) is 5.32 Å². The number of amides is 1.